The number of carbonyl (C=O) groups excluding carboxylic acids is 1. The van der Waals surface area contributed by atoms with Crippen LogP contribution in [-0.4, -0.2) is 35.2 Å². The molecule has 2 N–H and O–H groups in total. The molecule has 0 radical (unpaired) electrons. The highest BCUT2D eigenvalue weighted by Gasteiger charge is 2.43. The average molecular weight is 175 g/mol. The second-order valence-electron chi connectivity index (χ2n) is 2.92. The Kier molecular flexibility index (Phi) is 2.78. The number of aliphatic hydroxyl groups is 1. The summed E-state index contributed by atoms with van der Waals surface area (Å²) < 4.78 is 0. The van der Waals surface area contributed by atoms with E-state index in [-0.39, 0.29) is 18.1 Å². The van der Waals surface area contributed by atoms with Crippen molar-refractivity contribution in [2.45, 2.75) is 18.4 Å². The summed E-state index contributed by atoms with van der Waals surface area (Å²) in [5.41, 5.74) is -0.243. The highest BCUT2D eigenvalue weighted by atomic mass is 32.2. The van der Waals surface area contributed by atoms with E-state index in [1.807, 2.05) is 6.26 Å². The zero-order valence-corrected chi connectivity index (χ0v) is 7.41. The van der Waals surface area contributed by atoms with E-state index in [0.717, 1.165) is 12.8 Å². The molecule has 0 unspecified atom stereocenters. The predicted molar refractivity (Wildman–Crippen MR) is 45.6 cm³/mol. The Hall–Kier alpha value is -0.220. The van der Waals surface area contributed by atoms with Gasteiger partial charge in [0.05, 0.1) is 17.9 Å². The van der Waals surface area contributed by atoms with Gasteiger partial charge >= 0.3 is 0 Å². The molecule has 0 aliphatic heterocycles. The van der Waals surface area contributed by atoms with Crippen LogP contribution in [0.2, 0.25) is 0 Å². The third-order valence-corrected chi connectivity index (χ3v) is 2.39. The van der Waals surface area contributed by atoms with E-state index in [0.29, 0.717) is 5.75 Å². The fourth-order valence-electron chi connectivity index (χ4n) is 0.936. The standard InChI is InChI=1S/C7H13NO2S/c1-11-4-6(10)8-7(5-9)2-3-7/h9H,2-5H2,1H3,(H,8,10). The van der Waals surface area contributed by atoms with Crippen molar-refractivity contribution in [2.24, 2.45) is 0 Å². The molecule has 4 heteroatoms. The highest BCUT2D eigenvalue weighted by molar-refractivity contribution is 7.99. The van der Waals surface area contributed by atoms with Crippen LogP contribution in [0.15, 0.2) is 0 Å². The molecule has 0 bridgehead atoms. The molecule has 0 atom stereocenters. The number of amides is 1. The van der Waals surface area contributed by atoms with Crippen molar-refractivity contribution in [1.82, 2.24) is 5.32 Å². The zero-order valence-electron chi connectivity index (χ0n) is 6.59. The molecule has 0 saturated heterocycles. The highest BCUT2D eigenvalue weighted by Crippen LogP contribution is 2.34. The molecule has 11 heavy (non-hydrogen) atoms. The summed E-state index contributed by atoms with van der Waals surface area (Å²) in [7, 11) is 0. The molecule has 0 aromatic rings. The van der Waals surface area contributed by atoms with Gasteiger partial charge < -0.3 is 10.4 Å². The lowest BCUT2D eigenvalue weighted by molar-refractivity contribution is -0.119. The lowest BCUT2D eigenvalue weighted by Crippen LogP contribution is -2.40. The van der Waals surface area contributed by atoms with Crippen molar-refractivity contribution in [3.8, 4) is 0 Å². The molecule has 0 heterocycles. The number of nitrogens with one attached hydrogen (secondary N) is 1. The minimum Gasteiger partial charge on any atom is -0.394 e. The quantitative estimate of drug-likeness (QED) is 0.632. The second kappa shape index (κ2) is 3.45. The summed E-state index contributed by atoms with van der Waals surface area (Å²) in [6, 6.07) is 0. The van der Waals surface area contributed by atoms with Gasteiger partial charge in [-0.25, -0.2) is 0 Å². The van der Waals surface area contributed by atoms with E-state index >= 15 is 0 Å². The first-order valence-corrected chi connectivity index (χ1v) is 5.03. The maximum atomic E-state index is 11.0. The van der Waals surface area contributed by atoms with Crippen LogP contribution in [0.3, 0.4) is 0 Å². The smallest absolute Gasteiger partial charge is 0.230 e. The van der Waals surface area contributed by atoms with E-state index in [2.05, 4.69) is 5.32 Å². The van der Waals surface area contributed by atoms with E-state index in [9.17, 15) is 4.79 Å². The van der Waals surface area contributed by atoms with Gasteiger partial charge in [0.15, 0.2) is 0 Å². The molecular formula is C7H13NO2S. The Bertz CT molecular complexity index is 157. The largest absolute Gasteiger partial charge is 0.394 e. The van der Waals surface area contributed by atoms with Crippen LogP contribution in [-0.2, 0) is 4.79 Å². The minimum absolute atomic E-state index is 0.0315. The molecule has 1 rings (SSSR count). The minimum atomic E-state index is -0.243. The van der Waals surface area contributed by atoms with Gasteiger partial charge in [-0.15, -0.1) is 0 Å². The topological polar surface area (TPSA) is 49.3 Å². The molecule has 0 spiro atoms. The van der Waals surface area contributed by atoms with Crippen molar-refractivity contribution < 1.29 is 9.90 Å². The fraction of sp³-hybridized carbons (Fsp3) is 0.857. The number of hydrogen-bond donors (Lipinski definition) is 2. The third kappa shape index (κ3) is 2.38. The number of thioether (sulfide) groups is 1. The summed E-state index contributed by atoms with van der Waals surface area (Å²) in [6.45, 7) is 0.0765. The molecule has 1 fully saturated rings. The van der Waals surface area contributed by atoms with Crippen LogP contribution < -0.4 is 5.32 Å². The van der Waals surface area contributed by atoms with Gasteiger partial charge in [-0.1, -0.05) is 0 Å². The van der Waals surface area contributed by atoms with Gasteiger partial charge in [-0.2, -0.15) is 11.8 Å². The molecule has 1 saturated carbocycles. The molecule has 1 aliphatic rings. The first-order chi connectivity index (χ1) is 5.22. The molecule has 0 aromatic heterocycles. The third-order valence-electron chi connectivity index (χ3n) is 1.84. The molecule has 0 aromatic carbocycles. The fourth-order valence-corrected chi connectivity index (χ4v) is 1.27. The van der Waals surface area contributed by atoms with Crippen molar-refractivity contribution in [2.75, 3.05) is 18.6 Å². The van der Waals surface area contributed by atoms with E-state index in [4.69, 9.17) is 5.11 Å². The number of carbonyl (C=O) groups is 1. The Balaban J connectivity index is 2.24. The maximum absolute atomic E-state index is 11.0. The predicted octanol–water partition coefficient (Wildman–Crippen LogP) is -0.00950. The van der Waals surface area contributed by atoms with Gasteiger partial charge in [0.2, 0.25) is 5.91 Å². The van der Waals surface area contributed by atoms with Crippen molar-refractivity contribution in [3.05, 3.63) is 0 Å². The van der Waals surface area contributed by atoms with Gasteiger partial charge in [0.1, 0.15) is 0 Å². The molecule has 3 nitrogen and oxygen atoms in total. The average Bonchev–Trinajstić information content (AvgIpc) is 2.70. The van der Waals surface area contributed by atoms with Crippen LogP contribution in [0.25, 0.3) is 0 Å². The van der Waals surface area contributed by atoms with Gasteiger partial charge in [0, 0.05) is 0 Å². The zero-order chi connectivity index (χ0) is 8.32. The molecule has 1 aliphatic carbocycles. The van der Waals surface area contributed by atoms with E-state index in [1.54, 1.807) is 0 Å². The second-order valence-corrected chi connectivity index (χ2v) is 3.79. The van der Waals surface area contributed by atoms with Crippen LogP contribution in [0, 0.1) is 0 Å². The molecule has 1 amide bonds. The van der Waals surface area contributed by atoms with Gasteiger partial charge in [0.25, 0.3) is 0 Å². The summed E-state index contributed by atoms with van der Waals surface area (Å²) in [5, 5.41) is 11.7. The summed E-state index contributed by atoms with van der Waals surface area (Å²) in [5.74, 6) is 0.519. The van der Waals surface area contributed by atoms with Crippen molar-refractivity contribution >= 4 is 17.7 Å². The number of aliphatic hydroxyl groups excluding tert-OH is 1. The van der Waals surface area contributed by atoms with Gasteiger partial charge in [-0.05, 0) is 19.1 Å². The maximum Gasteiger partial charge on any atom is 0.230 e. The van der Waals surface area contributed by atoms with Gasteiger partial charge in [-0.3, -0.25) is 4.79 Å². The van der Waals surface area contributed by atoms with Crippen LogP contribution in [0.5, 0.6) is 0 Å². The summed E-state index contributed by atoms with van der Waals surface area (Å²) in [4.78, 5) is 11.0. The Labute approximate surface area is 70.6 Å². The lowest BCUT2D eigenvalue weighted by Gasteiger charge is -2.12. The van der Waals surface area contributed by atoms with E-state index < -0.39 is 0 Å². The Morgan fingerprint density at radius 3 is 2.73 bits per heavy atom. The van der Waals surface area contributed by atoms with Crippen molar-refractivity contribution in [3.63, 3.8) is 0 Å². The first-order valence-electron chi connectivity index (χ1n) is 3.63. The lowest BCUT2D eigenvalue weighted by atomic mass is 10.3. The monoisotopic (exact) mass is 175 g/mol. The van der Waals surface area contributed by atoms with Crippen LogP contribution >= 0.6 is 11.8 Å². The van der Waals surface area contributed by atoms with Crippen LogP contribution in [0.1, 0.15) is 12.8 Å². The van der Waals surface area contributed by atoms with Crippen LogP contribution in [0.4, 0.5) is 0 Å². The molecule has 64 valence electrons. The SMILES string of the molecule is CSCC(=O)NC1(CO)CC1. The Morgan fingerprint density at radius 1 is 1.73 bits per heavy atom. The number of rotatable bonds is 4. The Morgan fingerprint density at radius 2 is 2.36 bits per heavy atom. The van der Waals surface area contributed by atoms with Crippen molar-refractivity contribution in [1.29, 1.82) is 0 Å². The normalized spacial score (nSPS) is 19.5. The summed E-state index contributed by atoms with van der Waals surface area (Å²) in [6.07, 6.45) is 3.73. The summed E-state index contributed by atoms with van der Waals surface area (Å²) >= 11 is 1.50. The number of hydrogen-bond acceptors (Lipinski definition) is 3. The van der Waals surface area contributed by atoms with E-state index in [1.165, 1.54) is 11.8 Å². The first kappa shape index (κ1) is 8.87. The molecular weight excluding hydrogens is 162 g/mol.